The normalized spacial score (nSPS) is 17.2. The fraction of sp³-hybridized carbons (Fsp3) is 0.286. The second-order valence-corrected chi connectivity index (χ2v) is 8.70. The van der Waals surface area contributed by atoms with Gasteiger partial charge in [0.05, 0.1) is 48.3 Å². The Morgan fingerprint density at radius 1 is 1.20 bits per heavy atom. The highest BCUT2D eigenvalue weighted by Crippen LogP contribution is 2.33. The third-order valence-electron chi connectivity index (χ3n) is 6.40. The Balaban J connectivity index is 1.36. The minimum absolute atomic E-state index is 0.149. The molecule has 0 amide bonds. The van der Waals surface area contributed by atoms with Gasteiger partial charge in [-0.05, 0) is 65.2 Å². The van der Waals surface area contributed by atoms with Crippen molar-refractivity contribution < 1.29 is 23.7 Å². The number of furan rings is 1. The molecule has 1 fully saturated rings. The third-order valence-corrected chi connectivity index (χ3v) is 6.40. The molecule has 0 radical (unpaired) electrons. The monoisotopic (exact) mass is 470 g/mol. The van der Waals surface area contributed by atoms with Crippen molar-refractivity contribution >= 4 is 10.8 Å². The average Bonchev–Trinajstić information content (AvgIpc) is 3.61. The Kier molecular flexibility index (Phi) is 6.51. The van der Waals surface area contributed by atoms with Gasteiger partial charge in [-0.2, -0.15) is 5.26 Å². The molecular weight excluding hydrogens is 444 g/mol. The van der Waals surface area contributed by atoms with Gasteiger partial charge in [-0.1, -0.05) is 19.1 Å². The maximum atomic E-state index is 11.3. The van der Waals surface area contributed by atoms with Gasteiger partial charge >= 0.3 is 0 Å². The van der Waals surface area contributed by atoms with E-state index < -0.39 is 5.60 Å². The first-order valence-electron chi connectivity index (χ1n) is 11.6. The smallest absolute Gasteiger partial charge is 0.147 e. The largest absolute Gasteiger partial charge is 0.487 e. The summed E-state index contributed by atoms with van der Waals surface area (Å²) in [6, 6.07) is 19.2. The minimum Gasteiger partial charge on any atom is -0.487 e. The van der Waals surface area contributed by atoms with Crippen molar-refractivity contribution in [3.05, 3.63) is 84.1 Å². The van der Waals surface area contributed by atoms with E-state index in [2.05, 4.69) is 11.1 Å². The van der Waals surface area contributed by atoms with Crippen molar-refractivity contribution in [1.29, 1.82) is 5.26 Å². The summed E-state index contributed by atoms with van der Waals surface area (Å²) in [5.41, 5.74) is 2.62. The molecule has 0 bridgehead atoms. The maximum absolute atomic E-state index is 11.3. The number of hydrogen-bond acceptors (Lipinski definition) is 7. The summed E-state index contributed by atoms with van der Waals surface area (Å²) in [7, 11) is 0. The molecule has 1 saturated heterocycles. The van der Waals surface area contributed by atoms with Crippen LogP contribution in [0.4, 0.5) is 0 Å². The molecule has 2 atom stereocenters. The molecule has 2 aromatic heterocycles. The quantitative estimate of drug-likeness (QED) is 0.373. The minimum atomic E-state index is -1.10. The van der Waals surface area contributed by atoms with E-state index >= 15 is 0 Å². The first-order chi connectivity index (χ1) is 17.1. The van der Waals surface area contributed by atoms with Crippen LogP contribution in [0.3, 0.4) is 0 Å². The second kappa shape index (κ2) is 9.88. The molecule has 7 nitrogen and oxygen atoms in total. The van der Waals surface area contributed by atoms with E-state index in [1.807, 2.05) is 61.5 Å². The van der Waals surface area contributed by atoms with Crippen molar-refractivity contribution in [2.24, 2.45) is 0 Å². The number of hydrogen-bond donors (Lipinski definition) is 1. The number of aliphatic hydroxyl groups is 1. The Labute approximate surface area is 203 Å². The number of pyridine rings is 1. The fourth-order valence-corrected chi connectivity index (χ4v) is 4.43. The summed E-state index contributed by atoms with van der Waals surface area (Å²) >= 11 is 0. The lowest BCUT2D eigenvalue weighted by Crippen LogP contribution is -2.32. The van der Waals surface area contributed by atoms with Gasteiger partial charge in [0.15, 0.2) is 0 Å². The van der Waals surface area contributed by atoms with Crippen LogP contribution in [-0.2, 0) is 21.7 Å². The molecule has 1 N–H and O–H groups in total. The summed E-state index contributed by atoms with van der Waals surface area (Å²) < 4.78 is 22.1. The van der Waals surface area contributed by atoms with E-state index in [9.17, 15) is 10.4 Å². The summed E-state index contributed by atoms with van der Waals surface area (Å²) in [4.78, 5) is 4.69. The van der Waals surface area contributed by atoms with E-state index in [0.717, 1.165) is 21.9 Å². The Bertz CT molecular complexity index is 1360. The molecular formula is C28H26N2O5. The van der Waals surface area contributed by atoms with Crippen molar-refractivity contribution in [2.75, 3.05) is 13.4 Å². The lowest BCUT2D eigenvalue weighted by atomic mass is 9.89. The summed E-state index contributed by atoms with van der Waals surface area (Å²) in [6.07, 6.45) is 4.07. The van der Waals surface area contributed by atoms with Gasteiger partial charge in [0.2, 0.25) is 0 Å². The molecule has 5 rings (SSSR count). The van der Waals surface area contributed by atoms with E-state index in [1.54, 1.807) is 12.5 Å². The molecule has 2 aromatic carbocycles. The average molecular weight is 471 g/mol. The SMILES string of the molecule is CCC(O)(CC1COCO1)c1cccc(COc2ccc3c(-c4ccoc4)cc(C#N)cc3c2)n1. The van der Waals surface area contributed by atoms with Crippen molar-refractivity contribution in [2.45, 2.75) is 38.1 Å². The topological polar surface area (TPSA) is 97.7 Å². The summed E-state index contributed by atoms with van der Waals surface area (Å²) in [5, 5.41) is 22.7. The second-order valence-electron chi connectivity index (χ2n) is 8.70. The van der Waals surface area contributed by atoms with Crippen LogP contribution < -0.4 is 4.74 Å². The van der Waals surface area contributed by atoms with Crippen LogP contribution in [0.5, 0.6) is 5.75 Å². The van der Waals surface area contributed by atoms with E-state index in [-0.39, 0.29) is 19.5 Å². The van der Waals surface area contributed by atoms with E-state index in [0.29, 0.717) is 42.1 Å². The van der Waals surface area contributed by atoms with Crippen LogP contribution in [0.15, 0.2) is 71.5 Å². The predicted molar refractivity (Wildman–Crippen MR) is 129 cm³/mol. The lowest BCUT2D eigenvalue weighted by Gasteiger charge is -2.28. The molecule has 1 aliphatic rings. The molecule has 3 heterocycles. The van der Waals surface area contributed by atoms with Gasteiger partial charge in [0, 0.05) is 12.0 Å². The van der Waals surface area contributed by atoms with Crippen molar-refractivity contribution in [1.82, 2.24) is 4.98 Å². The Morgan fingerprint density at radius 2 is 2.11 bits per heavy atom. The molecule has 7 heteroatoms. The summed E-state index contributed by atoms with van der Waals surface area (Å²) in [6.45, 7) is 2.91. The number of rotatable bonds is 8. The zero-order valence-electron chi connectivity index (χ0n) is 19.4. The van der Waals surface area contributed by atoms with Crippen LogP contribution in [0.1, 0.15) is 36.7 Å². The fourth-order valence-electron chi connectivity index (χ4n) is 4.43. The molecule has 2 unspecified atom stereocenters. The molecule has 0 saturated carbocycles. The van der Waals surface area contributed by atoms with Gasteiger partial charge in [0.25, 0.3) is 0 Å². The van der Waals surface area contributed by atoms with Crippen LogP contribution in [0.25, 0.3) is 21.9 Å². The lowest BCUT2D eigenvalue weighted by molar-refractivity contribution is -0.0312. The number of aromatic nitrogens is 1. The van der Waals surface area contributed by atoms with Crippen LogP contribution in [0, 0.1) is 11.3 Å². The van der Waals surface area contributed by atoms with Gasteiger partial charge in [-0.3, -0.25) is 4.98 Å². The summed E-state index contributed by atoms with van der Waals surface area (Å²) in [5.74, 6) is 0.667. The molecule has 4 aromatic rings. The first-order valence-corrected chi connectivity index (χ1v) is 11.6. The first kappa shape index (κ1) is 23.1. The van der Waals surface area contributed by atoms with Crippen LogP contribution in [-0.4, -0.2) is 29.6 Å². The zero-order valence-corrected chi connectivity index (χ0v) is 19.4. The highest BCUT2D eigenvalue weighted by molar-refractivity contribution is 5.98. The van der Waals surface area contributed by atoms with Gasteiger partial charge in [0.1, 0.15) is 24.8 Å². The van der Waals surface area contributed by atoms with Gasteiger partial charge < -0.3 is 23.7 Å². The molecule has 178 valence electrons. The van der Waals surface area contributed by atoms with E-state index in [1.165, 1.54) is 0 Å². The number of ether oxygens (including phenoxy) is 3. The molecule has 1 aliphatic heterocycles. The molecule has 0 spiro atoms. The Morgan fingerprint density at radius 3 is 2.86 bits per heavy atom. The number of nitriles is 1. The number of fused-ring (bicyclic) bond motifs is 1. The highest BCUT2D eigenvalue weighted by atomic mass is 16.7. The van der Waals surface area contributed by atoms with Gasteiger partial charge in [-0.25, -0.2) is 0 Å². The number of nitrogens with zero attached hydrogens (tertiary/aromatic N) is 2. The standard InChI is InChI=1S/C28H26N2O5/c1-2-28(31,13-24-17-33-18-35-24)27-5-3-4-22(30-27)16-34-23-6-7-25-21(12-23)10-19(14-29)11-26(25)20-8-9-32-15-20/h3-12,15,24,31H,2,13,16-18H2,1H3. The zero-order chi connectivity index (χ0) is 24.3. The molecule has 0 aliphatic carbocycles. The Hall–Kier alpha value is -3.70. The highest BCUT2D eigenvalue weighted by Gasteiger charge is 2.34. The van der Waals surface area contributed by atoms with Crippen molar-refractivity contribution in [3.63, 3.8) is 0 Å². The third kappa shape index (κ3) is 4.91. The molecule has 35 heavy (non-hydrogen) atoms. The van der Waals surface area contributed by atoms with Crippen LogP contribution in [0.2, 0.25) is 0 Å². The predicted octanol–water partition coefficient (Wildman–Crippen LogP) is 5.31. The van der Waals surface area contributed by atoms with Crippen molar-refractivity contribution in [3.8, 4) is 22.9 Å². The van der Waals surface area contributed by atoms with Gasteiger partial charge in [-0.15, -0.1) is 0 Å². The van der Waals surface area contributed by atoms with E-state index in [4.69, 9.17) is 18.6 Å². The number of benzene rings is 2. The van der Waals surface area contributed by atoms with Crippen LogP contribution >= 0.6 is 0 Å². The maximum Gasteiger partial charge on any atom is 0.147 e.